The van der Waals surface area contributed by atoms with Crippen molar-refractivity contribution < 1.29 is 9.90 Å². The lowest BCUT2D eigenvalue weighted by Crippen LogP contribution is -2.31. The third-order valence-corrected chi connectivity index (χ3v) is 3.39. The van der Waals surface area contributed by atoms with Gasteiger partial charge in [0.2, 0.25) is 0 Å². The number of hydrogen-bond acceptors (Lipinski definition) is 5. The zero-order valence-corrected chi connectivity index (χ0v) is 18.4. The average molecular weight is 423 g/mol. The van der Waals surface area contributed by atoms with Crippen LogP contribution in [-0.2, 0) is 6.42 Å². The summed E-state index contributed by atoms with van der Waals surface area (Å²) >= 11 is 0. The van der Waals surface area contributed by atoms with E-state index in [1.807, 2.05) is 46.8 Å². The number of aryl methyl sites for hydroxylation is 1. The topological polar surface area (TPSA) is 124 Å². The molecular weight excluding hydrogens is 392 g/mol. The number of nitrogens with zero attached hydrogens (tertiary/aromatic N) is 2. The second kappa shape index (κ2) is 14.9. The predicted molar refractivity (Wildman–Crippen MR) is 123 cm³/mol. The van der Waals surface area contributed by atoms with E-state index in [0.717, 1.165) is 4.68 Å². The van der Waals surface area contributed by atoms with Crippen molar-refractivity contribution in [2.24, 2.45) is 0 Å². The van der Waals surface area contributed by atoms with Crippen LogP contribution in [0.2, 0.25) is 0 Å². The smallest absolute Gasteiger partial charge is 0.337 e. The van der Waals surface area contributed by atoms with Crippen molar-refractivity contribution in [1.29, 1.82) is 0 Å². The van der Waals surface area contributed by atoms with Gasteiger partial charge in [-0.3, -0.25) is 4.79 Å². The SMILES string of the molecule is CC.CC.CCc1nc2ccccc2c(=O)n1N.Cl.Nc1ccccc1C(=O)O. The van der Waals surface area contributed by atoms with Crippen LogP contribution in [0.15, 0.2) is 53.3 Å². The van der Waals surface area contributed by atoms with Gasteiger partial charge in [-0.05, 0) is 24.3 Å². The van der Waals surface area contributed by atoms with Crippen LogP contribution in [0.25, 0.3) is 10.9 Å². The van der Waals surface area contributed by atoms with Crippen molar-refractivity contribution in [2.45, 2.75) is 41.0 Å². The molecule has 0 fully saturated rings. The lowest BCUT2D eigenvalue weighted by Gasteiger charge is -2.05. The van der Waals surface area contributed by atoms with Gasteiger partial charge < -0.3 is 16.7 Å². The Labute approximate surface area is 177 Å². The highest BCUT2D eigenvalue weighted by Crippen LogP contribution is 2.09. The molecule has 0 spiro atoms. The molecule has 0 saturated heterocycles. The van der Waals surface area contributed by atoms with Gasteiger partial charge in [-0.15, -0.1) is 12.4 Å². The first-order chi connectivity index (χ1) is 13.5. The molecule has 0 saturated carbocycles. The van der Waals surface area contributed by atoms with Crippen LogP contribution in [0.1, 0.15) is 50.8 Å². The van der Waals surface area contributed by atoms with Crippen LogP contribution in [0, 0.1) is 0 Å². The number of carboxylic acid groups (broad SMARTS) is 1. The third-order valence-electron chi connectivity index (χ3n) is 3.39. The molecule has 2 aromatic carbocycles. The summed E-state index contributed by atoms with van der Waals surface area (Å²) in [5.41, 5.74) is 6.31. The van der Waals surface area contributed by atoms with Gasteiger partial charge in [0.15, 0.2) is 0 Å². The van der Waals surface area contributed by atoms with Gasteiger partial charge in [-0.2, -0.15) is 0 Å². The fourth-order valence-electron chi connectivity index (χ4n) is 2.13. The lowest BCUT2D eigenvalue weighted by molar-refractivity contribution is 0.0698. The molecule has 29 heavy (non-hydrogen) atoms. The van der Waals surface area contributed by atoms with Crippen molar-refractivity contribution in [3.63, 3.8) is 0 Å². The van der Waals surface area contributed by atoms with Crippen LogP contribution in [-0.4, -0.2) is 20.7 Å². The number of nitrogen functional groups attached to an aromatic ring is 2. The van der Waals surface area contributed by atoms with E-state index in [2.05, 4.69) is 4.98 Å². The Morgan fingerprint density at radius 2 is 1.55 bits per heavy atom. The summed E-state index contributed by atoms with van der Waals surface area (Å²) in [4.78, 5) is 26.3. The van der Waals surface area contributed by atoms with E-state index in [-0.39, 0.29) is 23.5 Å². The Kier molecular flexibility index (Phi) is 14.5. The minimum Gasteiger partial charge on any atom is -0.478 e. The fraction of sp³-hybridized carbons (Fsp3) is 0.286. The van der Waals surface area contributed by atoms with E-state index in [4.69, 9.17) is 16.7 Å². The summed E-state index contributed by atoms with van der Waals surface area (Å²) in [6.07, 6.45) is 0.649. The molecule has 0 unspecified atom stereocenters. The number of para-hydroxylation sites is 2. The van der Waals surface area contributed by atoms with Crippen LogP contribution in [0.3, 0.4) is 0 Å². The molecule has 1 aromatic heterocycles. The fourth-order valence-corrected chi connectivity index (χ4v) is 2.13. The van der Waals surface area contributed by atoms with Gasteiger partial charge in [0.1, 0.15) is 5.82 Å². The normalized spacial score (nSPS) is 8.72. The number of benzene rings is 2. The molecule has 3 aromatic rings. The molecule has 1 heterocycles. The molecule has 0 bridgehead atoms. The second-order valence-corrected chi connectivity index (χ2v) is 4.97. The van der Waals surface area contributed by atoms with Crippen molar-refractivity contribution >= 4 is 35.0 Å². The van der Waals surface area contributed by atoms with Gasteiger partial charge in [0, 0.05) is 12.1 Å². The number of carbonyl (C=O) groups is 1. The number of rotatable bonds is 2. The molecular formula is C21H31ClN4O3. The Morgan fingerprint density at radius 3 is 2.03 bits per heavy atom. The predicted octanol–water partition coefficient (Wildman–Crippen LogP) is 4.11. The summed E-state index contributed by atoms with van der Waals surface area (Å²) in [7, 11) is 0. The molecule has 5 N–H and O–H groups in total. The quantitative estimate of drug-likeness (QED) is 0.421. The monoisotopic (exact) mass is 422 g/mol. The van der Waals surface area contributed by atoms with Crippen LogP contribution in [0.4, 0.5) is 5.69 Å². The second-order valence-electron chi connectivity index (χ2n) is 4.97. The molecule has 0 radical (unpaired) electrons. The first-order valence-corrected chi connectivity index (χ1v) is 9.29. The average Bonchev–Trinajstić information content (AvgIpc) is 2.74. The number of aromatic nitrogens is 2. The molecule has 8 heteroatoms. The molecule has 3 rings (SSSR count). The Bertz CT molecular complexity index is 943. The zero-order chi connectivity index (χ0) is 21.7. The Hall–Kier alpha value is -3.06. The lowest BCUT2D eigenvalue weighted by atomic mass is 10.2. The van der Waals surface area contributed by atoms with E-state index in [1.165, 1.54) is 6.07 Å². The largest absolute Gasteiger partial charge is 0.478 e. The summed E-state index contributed by atoms with van der Waals surface area (Å²) in [6, 6.07) is 13.6. The summed E-state index contributed by atoms with van der Waals surface area (Å²) in [5.74, 6) is 5.22. The number of aromatic carboxylic acids is 1. The van der Waals surface area contributed by atoms with Gasteiger partial charge in [0.25, 0.3) is 5.56 Å². The zero-order valence-electron chi connectivity index (χ0n) is 17.5. The van der Waals surface area contributed by atoms with E-state index in [1.54, 1.807) is 30.3 Å². The van der Waals surface area contributed by atoms with Gasteiger partial charge in [-0.1, -0.05) is 58.9 Å². The van der Waals surface area contributed by atoms with Gasteiger partial charge in [0.05, 0.1) is 16.5 Å². The molecule has 0 amide bonds. The molecule has 0 aliphatic heterocycles. The van der Waals surface area contributed by atoms with Crippen LogP contribution in [0.5, 0.6) is 0 Å². The Morgan fingerprint density at radius 1 is 1.03 bits per heavy atom. The van der Waals surface area contributed by atoms with E-state index in [9.17, 15) is 9.59 Å². The van der Waals surface area contributed by atoms with Crippen molar-refractivity contribution in [1.82, 2.24) is 9.66 Å². The molecule has 160 valence electrons. The first kappa shape index (κ1) is 28.2. The Balaban J connectivity index is 0. The summed E-state index contributed by atoms with van der Waals surface area (Å²) in [6.45, 7) is 9.92. The maximum Gasteiger partial charge on any atom is 0.337 e. The summed E-state index contributed by atoms with van der Waals surface area (Å²) < 4.78 is 1.11. The van der Waals surface area contributed by atoms with Gasteiger partial charge in [-0.25, -0.2) is 14.5 Å². The number of halogens is 1. The molecule has 0 aliphatic carbocycles. The number of fused-ring (bicyclic) bond motifs is 1. The van der Waals surface area contributed by atoms with Gasteiger partial charge >= 0.3 is 5.97 Å². The molecule has 0 aliphatic rings. The number of anilines is 1. The van der Waals surface area contributed by atoms with E-state index >= 15 is 0 Å². The third kappa shape index (κ3) is 7.83. The maximum absolute atomic E-state index is 11.7. The first-order valence-electron chi connectivity index (χ1n) is 9.29. The molecule has 7 nitrogen and oxygen atoms in total. The number of nitrogens with two attached hydrogens (primary N) is 2. The van der Waals surface area contributed by atoms with Crippen molar-refractivity contribution in [3.8, 4) is 0 Å². The highest BCUT2D eigenvalue weighted by Gasteiger charge is 2.06. The maximum atomic E-state index is 11.7. The van der Waals surface area contributed by atoms with E-state index < -0.39 is 5.97 Å². The van der Waals surface area contributed by atoms with Crippen molar-refractivity contribution in [3.05, 3.63) is 70.3 Å². The number of carboxylic acids is 1. The standard InChI is InChI=1S/C10H11N3O.C7H7NO2.2C2H6.ClH/c1-2-9-12-8-6-4-3-5-7(8)10(14)13(9)11;8-6-4-2-1-3-5(6)7(9)10;2*1-2;/h3-6H,2,11H2,1H3;1-4H,8H2,(H,9,10);2*1-2H3;1H. The highest BCUT2D eigenvalue weighted by molar-refractivity contribution is 5.93. The minimum absolute atomic E-state index is 0. The summed E-state index contributed by atoms with van der Waals surface area (Å²) in [5, 5.41) is 9.05. The van der Waals surface area contributed by atoms with Crippen LogP contribution >= 0.6 is 12.4 Å². The molecule has 0 atom stereocenters. The number of hydrogen-bond donors (Lipinski definition) is 3. The van der Waals surface area contributed by atoms with Crippen LogP contribution < -0.4 is 17.1 Å². The minimum atomic E-state index is -0.988. The van der Waals surface area contributed by atoms with E-state index in [0.29, 0.717) is 28.8 Å². The highest BCUT2D eigenvalue weighted by atomic mass is 35.5. The van der Waals surface area contributed by atoms with Crippen molar-refractivity contribution in [2.75, 3.05) is 11.6 Å².